The van der Waals surface area contributed by atoms with Crippen molar-refractivity contribution < 1.29 is 19.1 Å². The van der Waals surface area contributed by atoms with Gasteiger partial charge in [0.25, 0.3) is 11.8 Å². The molecule has 1 aromatic heterocycles. The molecule has 1 heterocycles. The van der Waals surface area contributed by atoms with Gasteiger partial charge in [-0.3, -0.25) is 14.6 Å². The first-order valence-corrected chi connectivity index (χ1v) is 8.92. The Balaban J connectivity index is 1.78. The van der Waals surface area contributed by atoms with E-state index in [4.69, 9.17) is 9.47 Å². The number of benzene rings is 2. The molecule has 2 aromatic carbocycles. The van der Waals surface area contributed by atoms with Gasteiger partial charge in [0.2, 0.25) is 0 Å². The number of amides is 2. The van der Waals surface area contributed by atoms with Crippen molar-refractivity contribution in [2.75, 3.05) is 19.5 Å². The summed E-state index contributed by atoms with van der Waals surface area (Å²) in [6.07, 6.45) is 3.10. The van der Waals surface area contributed by atoms with Crippen molar-refractivity contribution in [2.45, 2.75) is 6.54 Å². The second-order valence-corrected chi connectivity index (χ2v) is 6.07. The number of ether oxygens (including phenoxy) is 2. The summed E-state index contributed by atoms with van der Waals surface area (Å²) in [5, 5.41) is 5.71. The number of carbonyl (C=O) groups is 2. The molecule has 7 heteroatoms. The zero-order chi connectivity index (χ0) is 20.6. The lowest BCUT2D eigenvalue weighted by Crippen LogP contribution is -2.24. The Hall–Kier alpha value is -3.87. The number of aromatic nitrogens is 1. The minimum atomic E-state index is -0.370. The quantitative estimate of drug-likeness (QED) is 0.645. The minimum Gasteiger partial charge on any atom is -0.496 e. The number of anilines is 1. The second kappa shape index (κ2) is 9.36. The molecule has 0 aliphatic carbocycles. The van der Waals surface area contributed by atoms with E-state index in [9.17, 15) is 9.59 Å². The maximum Gasteiger partial charge on any atom is 0.263 e. The van der Waals surface area contributed by atoms with Crippen LogP contribution >= 0.6 is 0 Å². The van der Waals surface area contributed by atoms with E-state index in [1.165, 1.54) is 20.4 Å². The van der Waals surface area contributed by atoms with Crippen molar-refractivity contribution in [3.8, 4) is 11.5 Å². The summed E-state index contributed by atoms with van der Waals surface area (Å²) >= 11 is 0. The predicted molar refractivity (Wildman–Crippen MR) is 109 cm³/mol. The Morgan fingerprint density at radius 2 is 1.62 bits per heavy atom. The summed E-state index contributed by atoms with van der Waals surface area (Å²) in [5.74, 6) is 0.199. The number of rotatable bonds is 7. The number of hydrogen-bond acceptors (Lipinski definition) is 5. The molecule has 3 rings (SSSR count). The molecule has 0 atom stereocenters. The highest BCUT2D eigenvalue weighted by molar-refractivity contribution is 6.08. The molecule has 148 valence electrons. The fraction of sp³-hybridized carbons (Fsp3) is 0.136. The normalized spacial score (nSPS) is 10.1. The average molecular weight is 391 g/mol. The highest BCUT2D eigenvalue weighted by Crippen LogP contribution is 2.29. The van der Waals surface area contributed by atoms with Gasteiger partial charge in [0.15, 0.2) is 0 Å². The highest BCUT2D eigenvalue weighted by Gasteiger charge is 2.19. The van der Waals surface area contributed by atoms with Gasteiger partial charge in [-0.15, -0.1) is 0 Å². The summed E-state index contributed by atoms with van der Waals surface area (Å²) in [4.78, 5) is 29.1. The van der Waals surface area contributed by atoms with Crippen LogP contribution in [0.4, 0.5) is 5.69 Å². The smallest absolute Gasteiger partial charge is 0.263 e. The van der Waals surface area contributed by atoms with E-state index in [1.54, 1.807) is 42.6 Å². The van der Waals surface area contributed by atoms with Crippen LogP contribution in [0.5, 0.6) is 11.5 Å². The van der Waals surface area contributed by atoms with Crippen LogP contribution in [0.3, 0.4) is 0 Å². The number of methoxy groups -OCH3 is 2. The van der Waals surface area contributed by atoms with Crippen LogP contribution in [-0.2, 0) is 6.54 Å². The van der Waals surface area contributed by atoms with Crippen LogP contribution in [-0.4, -0.2) is 31.0 Å². The minimum absolute atomic E-state index is 0.243. The molecule has 0 aliphatic rings. The summed E-state index contributed by atoms with van der Waals surface area (Å²) < 4.78 is 10.6. The van der Waals surface area contributed by atoms with Crippen LogP contribution in [0.2, 0.25) is 0 Å². The number of carbonyl (C=O) groups excluding carboxylic acids is 2. The molecule has 0 saturated heterocycles. The van der Waals surface area contributed by atoms with Gasteiger partial charge in [0.1, 0.15) is 17.1 Å². The molecule has 0 saturated carbocycles. The molecule has 2 N–H and O–H groups in total. The van der Waals surface area contributed by atoms with Crippen molar-refractivity contribution in [3.63, 3.8) is 0 Å². The van der Waals surface area contributed by atoms with Crippen molar-refractivity contribution >= 4 is 17.5 Å². The van der Waals surface area contributed by atoms with Crippen LogP contribution in [0.15, 0.2) is 67.0 Å². The average Bonchev–Trinajstić information content (AvgIpc) is 2.78. The first kappa shape index (κ1) is 19.9. The van der Waals surface area contributed by atoms with Gasteiger partial charge >= 0.3 is 0 Å². The first-order valence-electron chi connectivity index (χ1n) is 8.92. The van der Waals surface area contributed by atoms with E-state index in [0.717, 1.165) is 5.56 Å². The molecule has 2 amide bonds. The number of hydrogen-bond donors (Lipinski definition) is 2. The van der Waals surface area contributed by atoms with Crippen molar-refractivity contribution in [1.82, 2.24) is 10.3 Å². The van der Waals surface area contributed by atoms with E-state index in [-0.39, 0.29) is 18.4 Å². The molecule has 7 nitrogen and oxygen atoms in total. The van der Waals surface area contributed by atoms with Crippen LogP contribution in [0, 0.1) is 0 Å². The van der Waals surface area contributed by atoms with Gasteiger partial charge in [-0.1, -0.05) is 24.3 Å². The molecule has 0 radical (unpaired) electrons. The van der Waals surface area contributed by atoms with E-state index in [1.807, 2.05) is 18.2 Å². The molecule has 0 spiro atoms. The highest BCUT2D eigenvalue weighted by atomic mass is 16.5. The number of nitrogens with zero attached hydrogens (tertiary/aromatic N) is 1. The monoisotopic (exact) mass is 391 g/mol. The summed E-state index contributed by atoms with van der Waals surface area (Å²) in [7, 11) is 2.99. The second-order valence-electron chi connectivity index (χ2n) is 6.07. The zero-order valence-electron chi connectivity index (χ0n) is 16.1. The third-order valence-corrected chi connectivity index (χ3v) is 4.28. The largest absolute Gasteiger partial charge is 0.496 e. The third kappa shape index (κ3) is 4.70. The summed E-state index contributed by atoms with van der Waals surface area (Å²) in [6.45, 7) is 0.243. The van der Waals surface area contributed by atoms with Gasteiger partial charge in [-0.2, -0.15) is 0 Å². The third-order valence-electron chi connectivity index (χ3n) is 4.28. The zero-order valence-corrected chi connectivity index (χ0v) is 16.1. The standard InChI is InChI=1S/C22H21N3O4/c1-28-18-10-5-11-19(29-2)20(18)22(27)25-17-9-4-3-7-15(17)14-24-21(26)16-8-6-12-23-13-16/h3-13H,14H2,1-2H3,(H,24,26)(H,25,27). The number of para-hydroxylation sites is 1. The lowest BCUT2D eigenvalue weighted by Gasteiger charge is -2.15. The van der Waals surface area contributed by atoms with Crippen LogP contribution < -0.4 is 20.1 Å². The van der Waals surface area contributed by atoms with Gasteiger partial charge in [-0.25, -0.2) is 0 Å². The molecular formula is C22H21N3O4. The molecule has 0 unspecified atom stereocenters. The lowest BCUT2D eigenvalue weighted by atomic mass is 10.1. The van der Waals surface area contributed by atoms with Crippen molar-refractivity contribution in [3.05, 3.63) is 83.7 Å². The molecule has 0 bridgehead atoms. The van der Waals surface area contributed by atoms with Crippen molar-refractivity contribution in [2.24, 2.45) is 0 Å². The first-order chi connectivity index (χ1) is 14.1. The number of nitrogens with one attached hydrogen (secondary N) is 2. The Morgan fingerprint density at radius 1 is 0.897 bits per heavy atom. The van der Waals surface area contributed by atoms with E-state index >= 15 is 0 Å². The van der Waals surface area contributed by atoms with E-state index < -0.39 is 0 Å². The topological polar surface area (TPSA) is 89.5 Å². The Morgan fingerprint density at radius 3 is 2.28 bits per heavy atom. The van der Waals surface area contributed by atoms with Gasteiger partial charge in [-0.05, 0) is 35.9 Å². The van der Waals surface area contributed by atoms with E-state index in [0.29, 0.717) is 28.3 Å². The Labute approximate surface area is 168 Å². The van der Waals surface area contributed by atoms with Crippen molar-refractivity contribution in [1.29, 1.82) is 0 Å². The molecular weight excluding hydrogens is 370 g/mol. The maximum atomic E-state index is 12.9. The lowest BCUT2D eigenvalue weighted by molar-refractivity contribution is 0.0950. The molecule has 0 fully saturated rings. The van der Waals surface area contributed by atoms with Gasteiger partial charge in [0.05, 0.1) is 19.8 Å². The fourth-order valence-electron chi connectivity index (χ4n) is 2.83. The van der Waals surface area contributed by atoms with Gasteiger partial charge in [0, 0.05) is 24.6 Å². The maximum absolute atomic E-state index is 12.9. The molecule has 29 heavy (non-hydrogen) atoms. The van der Waals surface area contributed by atoms with Crippen LogP contribution in [0.1, 0.15) is 26.3 Å². The molecule has 0 aliphatic heterocycles. The van der Waals surface area contributed by atoms with E-state index in [2.05, 4.69) is 15.6 Å². The molecule has 3 aromatic rings. The summed E-state index contributed by atoms with van der Waals surface area (Å²) in [6, 6.07) is 15.8. The number of pyridine rings is 1. The predicted octanol–water partition coefficient (Wildman–Crippen LogP) is 3.28. The fourth-order valence-corrected chi connectivity index (χ4v) is 2.83. The SMILES string of the molecule is COc1cccc(OC)c1C(=O)Nc1ccccc1CNC(=O)c1cccnc1. The van der Waals surface area contributed by atoms with Gasteiger partial charge < -0.3 is 20.1 Å². The Bertz CT molecular complexity index is 984. The van der Waals surface area contributed by atoms with Crippen LogP contribution in [0.25, 0.3) is 0 Å². The summed E-state index contributed by atoms with van der Waals surface area (Å²) in [5.41, 5.74) is 2.10. The Kier molecular flexibility index (Phi) is 6.42.